The zero-order chi connectivity index (χ0) is 22.4. The Bertz CT molecular complexity index is 1220. The molecule has 6 heteroatoms. The standard InChI is InChI=1S/C25H25IN2O3/c1-4-22-23(15-20-13-17(2)12-18(3)14-20)28(25(30)27-24(22)29)16-31-11-5-6-19-7-9-21(26)10-8-19/h7-10,12-14H,4,11,15-16H2,1-3H3,(H,27,29,30). The summed E-state index contributed by atoms with van der Waals surface area (Å²) in [6.07, 6.45) is 1.02. The maximum atomic E-state index is 12.6. The number of aromatic amines is 1. The monoisotopic (exact) mass is 528 g/mol. The molecule has 1 N–H and O–H groups in total. The average Bonchev–Trinajstić information content (AvgIpc) is 2.70. The number of hydrogen-bond acceptors (Lipinski definition) is 3. The van der Waals surface area contributed by atoms with Crippen LogP contribution in [0.3, 0.4) is 0 Å². The molecule has 0 atom stereocenters. The van der Waals surface area contributed by atoms with Gasteiger partial charge in [0.05, 0.1) is 0 Å². The largest absolute Gasteiger partial charge is 0.348 e. The van der Waals surface area contributed by atoms with Crippen LogP contribution in [0.25, 0.3) is 0 Å². The molecule has 160 valence electrons. The number of aryl methyl sites for hydroxylation is 2. The van der Waals surface area contributed by atoms with Crippen molar-refractivity contribution in [3.63, 3.8) is 0 Å². The molecule has 3 aromatic rings. The van der Waals surface area contributed by atoms with E-state index in [1.165, 1.54) is 4.57 Å². The molecule has 5 nitrogen and oxygen atoms in total. The van der Waals surface area contributed by atoms with Crippen molar-refractivity contribution in [2.45, 2.75) is 40.3 Å². The zero-order valence-electron chi connectivity index (χ0n) is 17.9. The summed E-state index contributed by atoms with van der Waals surface area (Å²) in [5.41, 5.74) is 4.76. The molecule has 0 aliphatic carbocycles. The Morgan fingerprint density at radius 1 is 1.06 bits per heavy atom. The Morgan fingerprint density at radius 2 is 1.74 bits per heavy atom. The first-order valence-corrected chi connectivity index (χ1v) is 11.2. The van der Waals surface area contributed by atoms with Crippen molar-refractivity contribution in [2.75, 3.05) is 6.61 Å². The zero-order valence-corrected chi connectivity index (χ0v) is 20.1. The summed E-state index contributed by atoms with van der Waals surface area (Å²) in [5, 5.41) is 0. The number of nitrogens with zero attached hydrogens (tertiary/aromatic N) is 1. The second-order valence-corrected chi connectivity index (χ2v) is 8.67. The predicted molar refractivity (Wildman–Crippen MR) is 131 cm³/mol. The lowest BCUT2D eigenvalue weighted by atomic mass is 10.0. The van der Waals surface area contributed by atoms with E-state index in [4.69, 9.17) is 4.74 Å². The molecule has 0 bridgehead atoms. The molecule has 3 rings (SSSR count). The Morgan fingerprint density at radius 3 is 2.39 bits per heavy atom. The van der Waals surface area contributed by atoms with Crippen LogP contribution in [-0.4, -0.2) is 16.2 Å². The molecule has 1 heterocycles. The highest BCUT2D eigenvalue weighted by molar-refractivity contribution is 14.1. The van der Waals surface area contributed by atoms with Crippen LogP contribution in [0.5, 0.6) is 0 Å². The van der Waals surface area contributed by atoms with Gasteiger partial charge in [-0.05, 0) is 72.7 Å². The summed E-state index contributed by atoms with van der Waals surface area (Å²) >= 11 is 2.25. The fourth-order valence-electron chi connectivity index (χ4n) is 3.58. The van der Waals surface area contributed by atoms with Gasteiger partial charge >= 0.3 is 5.69 Å². The molecule has 1 aromatic heterocycles. The summed E-state index contributed by atoms with van der Waals surface area (Å²) < 4.78 is 8.33. The van der Waals surface area contributed by atoms with E-state index in [1.807, 2.05) is 45.0 Å². The highest BCUT2D eigenvalue weighted by Gasteiger charge is 2.14. The smallest absolute Gasteiger partial charge is 0.330 e. The molecule has 0 saturated heterocycles. The van der Waals surface area contributed by atoms with Crippen LogP contribution in [0, 0.1) is 29.3 Å². The topological polar surface area (TPSA) is 64.1 Å². The van der Waals surface area contributed by atoms with Crippen molar-refractivity contribution in [3.8, 4) is 11.8 Å². The lowest BCUT2D eigenvalue weighted by Crippen LogP contribution is -2.36. The molecule has 2 aromatic carbocycles. The highest BCUT2D eigenvalue weighted by Crippen LogP contribution is 2.15. The summed E-state index contributed by atoms with van der Waals surface area (Å²) in [7, 11) is 0. The lowest BCUT2D eigenvalue weighted by molar-refractivity contribution is 0.0980. The van der Waals surface area contributed by atoms with Gasteiger partial charge in [0.1, 0.15) is 13.3 Å². The molecule has 0 amide bonds. The van der Waals surface area contributed by atoms with Gasteiger partial charge in [-0.25, -0.2) is 4.79 Å². The predicted octanol–water partition coefficient (Wildman–Crippen LogP) is 3.94. The maximum absolute atomic E-state index is 12.6. The third kappa shape index (κ3) is 6.18. The Hall–Kier alpha value is -2.63. The molecular weight excluding hydrogens is 503 g/mol. The average molecular weight is 528 g/mol. The molecule has 0 fully saturated rings. The fraction of sp³-hybridized carbons (Fsp3) is 0.280. The number of ether oxygens (including phenoxy) is 1. The minimum Gasteiger partial charge on any atom is -0.348 e. The van der Waals surface area contributed by atoms with E-state index in [9.17, 15) is 9.59 Å². The van der Waals surface area contributed by atoms with Crippen LogP contribution < -0.4 is 11.2 Å². The van der Waals surface area contributed by atoms with Crippen molar-refractivity contribution in [1.82, 2.24) is 9.55 Å². The quantitative estimate of drug-likeness (QED) is 0.300. The van der Waals surface area contributed by atoms with E-state index in [-0.39, 0.29) is 18.9 Å². The van der Waals surface area contributed by atoms with Gasteiger partial charge in [-0.15, -0.1) is 0 Å². The van der Waals surface area contributed by atoms with Gasteiger partial charge < -0.3 is 4.74 Å². The van der Waals surface area contributed by atoms with Crippen LogP contribution in [-0.2, 0) is 24.3 Å². The van der Waals surface area contributed by atoms with Gasteiger partial charge in [-0.1, -0.05) is 48.1 Å². The SMILES string of the molecule is CCc1c(Cc2cc(C)cc(C)c2)n(COCC#Cc2ccc(I)cc2)c(=O)[nH]c1=O. The van der Waals surface area contributed by atoms with E-state index in [1.54, 1.807) is 0 Å². The first kappa shape index (κ1) is 23.0. The van der Waals surface area contributed by atoms with E-state index < -0.39 is 5.69 Å². The third-order valence-corrected chi connectivity index (χ3v) is 5.61. The van der Waals surface area contributed by atoms with Crippen LogP contribution in [0.4, 0.5) is 0 Å². The molecule has 0 aliphatic rings. The number of benzene rings is 2. The first-order valence-electron chi connectivity index (χ1n) is 10.1. The summed E-state index contributed by atoms with van der Waals surface area (Å²) in [5.74, 6) is 6.02. The van der Waals surface area contributed by atoms with Crippen molar-refractivity contribution in [3.05, 3.63) is 100 Å². The number of halogens is 1. The molecule has 31 heavy (non-hydrogen) atoms. The second-order valence-electron chi connectivity index (χ2n) is 7.43. The second kappa shape index (κ2) is 10.6. The molecule has 0 aliphatic heterocycles. The summed E-state index contributed by atoms with van der Waals surface area (Å²) in [6.45, 7) is 6.21. The van der Waals surface area contributed by atoms with Crippen molar-refractivity contribution in [1.29, 1.82) is 0 Å². The third-order valence-electron chi connectivity index (χ3n) is 4.89. The van der Waals surface area contributed by atoms with Gasteiger partial charge in [0, 0.05) is 26.8 Å². The van der Waals surface area contributed by atoms with Crippen LogP contribution >= 0.6 is 22.6 Å². The highest BCUT2D eigenvalue weighted by atomic mass is 127. The van der Waals surface area contributed by atoms with E-state index >= 15 is 0 Å². The summed E-state index contributed by atoms with van der Waals surface area (Å²) in [6, 6.07) is 14.2. The normalized spacial score (nSPS) is 10.6. The Balaban J connectivity index is 1.83. The number of H-pyrrole nitrogens is 1. The Labute approximate surface area is 195 Å². The Kier molecular flexibility index (Phi) is 7.88. The lowest BCUT2D eigenvalue weighted by Gasteiger charge is -2.16. The molecule has 0 unspecified atom stereocenters. The molecule has 0 radical (unpaired) electrons. The molecule has 0 spiro atoms. The van der Waals surface area contributed by atoms with Crippen LogP contribution in [0.15, 0.2) is 52.1 Å². The number of rotatable bonds is 6. The van der Waals surface area contributed by atoms with Gasteiger partial charge in [0.2, 0.25) is 0 Å². The van der Waals surface area contributed by atoms with Crippen LogP contribution in [0.1, 0.15) is 40.4 Å². The van der Waals surface area contributed by atoms with E-state index in [0.29, 0.717) is 24.1 Å². The number of nitrogens with one attached hydrogen (secondary N) is 1. The van der Waals surface area contributed by atoms with E-state index in [0.717, 1.165) is 25.8 Å². The van der Waals surface area contributed by atoms with Gasteiger partial charge in [-0.2, -0.15) is 0 Å². The number of aromatic nitrogens is 2. The minimum absolute atomic E-state index is 0.0319. The van der Waals surface area contributed by atoms with Crippen molar-refractivity contribution >= 4 is 22.6 Å². The van der Waals surface area contributed by atoms with Crippen molar-refractivity contribution < 1.29 is 4.74 Å². The van der Waals surface area contributed by atoms with Crippen molar-refractivity contribution in [2.24, 2.45) is 0 Å². The van der Waals surface area contributed by atoms with Gasteiger partial charge in [0.25, 0.3) is 5.56 Å². The van der Waals surface area contributed by atoms with E-state index in [2.05, 4.69) is 57.6 Å². The number of hydrogen-bond donors (Lipinski definition) is 1. The van der Waals surface area contributed by atoms with Gasteiger partial charge in [-0.3, -0.25) is 14.3 Å². The fourth-order valence-corrected chi connectivity index (χ4v) is 3.94. The minimum atomic E-state index is -0.466. The van der Waals surface area contributed by atoms with Crippen LogP contribution in [0.2, 0.25) is 0 Å². The maximum Gasteiger partial charge on any atom is 0.330 e. The van der Waals surface area contributed by atoms with Gasteiger partial charge in [0.15, 0.2) is 0 Å². The molecule has 0 saturated carbocycles. The first-order chi connectivity index (χ1) is 14.9. The molecular formula is C25H25IN2O3. The summed E-state index contributed by atoms with van der Waals surface area (Å²) in [4.78, 5) is 27.4.